The van der Waals surface area contributed by atoms with Gasteiger partial charge in [-0.1, -0.05) is 6.58 Å². The number of anilines is 2. The highest BCUT2D eigenvalue weighted by Crippen LogP contribution is 2.55. The first-order valence-corrected chi connectivity index (χ1v) is 15.8. The molecule has 12 heteroatoms. The van der Waals surface area contributed by atoms with E-state index in [2.05, 4.69) is 33.2 Å². The zero-order valence-electron chi connectivity index (χ0n) is 25.4. The van der Waals surface area contributed by atoms with Gasteiger partial charge in [-0.05, 0) is 43.5 Å². The fraction of sp³-hybridized carbons (Fsp3) is 0.545. The summed E-state index contributed by atoms with van der Waals surface area (Å²) in [5, 5.41) is 0. The Kier molecular flexibility index (Phi) is 6.78. The third-order valence-corrected chi connectivity index (χ3v) is 10.8. The number of aromatic nitrogens is 2. The maximum absolute atomic E-state index is 15.3. The number of carbonyl (C=O) groups is 1. The molecule has 2 aromatic rings. The van der Waals surface area contributed by atoms with Gasteiger partial charge in [-0.15, -0.1) is 0 Å². The molecule has 9 nitrogen and oxygen atoms in total. The SMILES string of the molecule is C=CC(=O)N1CCN(C2CN3c4cc(N5CCC6(CC5)OC5(COC5)c5nccc(C)c56)nc(C(F)F)c4C=C(F)CC23)CC1. The number of carbonyl (C=O) groups excluding carboxylic acids is 1. The number of pyridine rings is 2. The van der Waals surface area contributed by atoms with Gasteiger partial charge in [0, 0.05) is 81.7 Å². The number of fused-ring (bicyclic) bond motifs is 6. The van der Waals surface area contributed by atoms with Crippen LogP contribution in [0.3, 0.4) is 0 Å². The number of aryl methyl sites for hydroxylation is 1. The first-order chi connectivity index (χ1) is 21.7. The van der Waals surface area contributed by atoms with Crippen molar-refractivity contribution in [2.24, 2.45) is 0 Å². The molecule has 4 saturated heterocycles. The Morgan fingerprint density at radius 2 is 1.87 bits per heavy atom. The zero-order valence-corrected chi connectivity index (χ0v) is 25.4. The number of ether oxygens (including phenoxy) is 2. The average Bonchev–Trinajstić information content (AvgIpc) is 3.26. The minimum atomic E-state index is -2.85. The van der Waals surface area contributed by atoms with Crippen LogP contribution in [0.15, 0.2) is 36.8 Å². The van der Waals surface area contributed by atoms with Gasteiger partial charge in [-0.2, -0.15) is 0 Å². The Balaban J connectivity index is 1.05. The van der Waals surface area contributed by atoms with Crippen LogP contribution < -0.4 is 9.80 Å². The minimum absolute atomic E-state index is 0.0665. The summed E-state index contributed by atoms with van der Waals surface area (Å²) < 4.78 is 56.8. The van der Waals surface area contributed by atoms with E-state index in [1.165, 1.54) is 12.2 Å². The fourth-order valence-electron chi connectivity index (χ4n) is 8.37. The van der Waals surface area contributed by atoms with E-state index in [0.29, 0.717) is 83.4 Å². The van der Waals surface area contributed by atoms with Crippen molar-refractivity contribution in [3.05, 3.63) is 64.9 Å². The third-order valence-electron chi connectivity index (χ3n) is 10.8. The van der Waals surface area contributed by atoms with E-state index < -0.39 is 23.5 Å². The van der Waals surface area contributed by atoms with Crippen LogP contribution in [0, 0.1) is 6.92 Å². The van der Waals surface area contributed by atoms with E-state index in [1.807, 2.05) is 18.3 Å². The van der Waals surface area contributed by atoms with Gasteiger partial charge >= 0.3 is 0 Å². The van der Waals surface area contributed by atoms with Crippen LogP contribution in [0.4, 0.5) is 24.7 Å². The summed E-state index contributed by atoms with van der Waals surface area (Å²) in [6.07, 6.45) is 3.04. The average molecular weight is 623 g/mol. The molecule has 0 aliphatic carbocycles. The van der Waals surface area contributed by atoms with Gasteiger partial charge in [0.25, 0.3) is 6.43 Å². The van der Waals surface area contributed by atoms with Crippen molar-refractivity contribution in [2.45, 2.75) is 55.9 Å². The number of hydrogen-bond donors (Lipinski definition) is 0. The fourth-order valence-corrected chi connectivity index (χ4v) is 8.37. The minimum Gasteiger partial charge on any atom is -0.374 e. The molecule has 0 saturated carbocycles. The van der Waals surface area contributed by atoms with Crippen LogP contribution in [0.2, 0.25) is 0 Å². The van der Waals surface area contributed by atoms with Gasteiger partial charge in [-0.3, -0.25) is 14.7 Å². The standard InChI is InChI=1S/C33H37F3N6O3/c1-3-27(43)41-12-10-39(11-13-41)25-17-42-23-16-26(38-29(31(35)36)22(23)14-21(34)15-24(25)42)40-8-5-32(6-9-40)28-20(2)4-7-37-30(28)33(45-32)18-44-19-33/h3-4,7,14,16,24-25,31H,1,5-6,8-13,15,17-19H2,2H3. The third kappa shape index (κ3) is 4.43. The molecule has 4 fully saturated rings. The first-order valence-electron chi connectivity index (χ1n) is 15.8. The second-order valence-electron chi connectivity index (χ2n) is 13.2. The molecular formula is C33H37F3N6O3. The van der Waals surface area contributed by atoms with Crippen LogP contribution in [0.25, 0.3) is 6.08 Å². The summed E-state index contributed by atoms with van der Waals surface area (Å²) >= 11 is 0. The molecule has 0 aromatic carbocycles. The molecule has 2 unspecified atom stereocenters. The molecule has 2 spiro atoms. The van der Waals surface area contributed by atoms with Gasteiger partial charge in [0.1, 0.15) is 22.9 Å². The lowest BCUT2D eigenvalue weighted by Gasteiger charge is -2.55. The Bertz CT molecular complexity index is 1580. The second-order valence-corrected chi connectivity index (χ2v) is 13.2. The molecule has 0 radical (unpaired) electrons. The largest absolute Gasteiger partial charge is 0.374 e. The molecule has 0 N–H and O–H groups in total. The number of alkyl halides is 2. The molecule has 6 aliphatic heterocycles. The first kappa shape index (κ1) is 29.0. The predicted octanol–water partition coefficient (Wildman–Crippen LogP) is 4.08. The molecule has 238 valence electrons. The number of amides is 1. The van der Waals surface area contributed by atoms with Crippen molar-refractivity contribution in [3.8, 4) is 0 Å². The van der Waals surface area contributed by atoms with Crippen molar-refractivity contribution in [3.63, 3.8) is 0 Å². The summed E-state index contributed by atoms with van der Waals surface area (Å²) in [6.45, 7) is 10.9. The highest BCUT2D eigenvalue weighted by Gasteiger charge is 2.59. The van der Waals surface area contributed by atoms with E-state index in [0.717, 1.165) is 16.8 Å². The van der Waals surface area contributed by atoms with Gasteiger partial charge in [0.15, 0.2) is 5.60 Å². The van der Waals surface area contributed by atoms with E-state index in [9.17, 15) is 13.6 Å². The lowest BCUT2D eigenvalue weighted by atomic mass is 9.81. The van der Waals surface area contributed by atoms with Crippen molar-refractivity contribution in [2.75, 3.05) is 68.8 Å². The highest BCUT2D eigenvalue weighted by atomic mass is 19.3. The van der Waals surface area contributed by atoms with Crippen molar-refractivity contribution < 1.29 is 27.4 Å². The Hall–Kier alpha value is -3.48. The molecule has 8 rings (SSSR count). The smallest absolute Gasteiger partial charge is 0.281 e. The highest BCUT2D eigenvalue weighted by molar-refractivity contribution is 5.87. The molecule has 8 heterocycles. The predicted molar refractivity (Wildman–Crippen MR) is 162 cm³/mol. The summed E-state index contributed by atoms with van der Waals surface area (Å²) in [6, 6.07) is 3.77. The van der Waals surface area contributed by atoms with E-state index >= 15 is 4.39 Å². The van der Waals surface area contributed by atoms with Crippen molar-refractivity contribution in [1.82, 2.24) is 19.8 Å². The van der Waals surface area contributed by atoms with Gasteiger partial charge in [-0.25, -0.2) is 18.2 Å². The normalized spacial score (nSPS) is 26.5. The lowest BCUT2D eigenvalue weighted by Crippen LogP contribution is -2.69. The molecule has 6 aliphatic rings. The molecule has 2 aromatic heterocycles. The monoisotopic (exact) mass is 622 g/mol. The van der Waals surface area contributed by atoms with Crippen molar-refractivity contribution in [1.29, 1.82) is 0 Å². The second kappa shape index (κ2) is 10.5. The Labute approximate surface area is 260 Å². The van der Waals surface area contributed by atoms with Gasteiger partial charge in [0.2, 0.25) is 5.91 Å². The summed E-state index contributed by atoms with van der Waals surface area (Å²) in [5.74, 6) is -0.0195. The maximum Gasteiger partial charge on any atom is 0.281 e. The summed E-state index contributed by atoms with van der Waals surface area (Å²) in [5.41, 5.74) is 2.62. The van der Waals surface area contributed by atoms with Gasteiger partial charge in [0.05, 0.1) is 30.6 Å². The Morgan fingerprint density at radius 1 is 1.11 bits per heavy atom. The number of nitrogens with zero attached hydrogens (tertiary/aromatic N) is 6. The van der Waals surface area contributed by atoms with E-state index in [-0.39, 0.29) is 35.7 Å². The van der Waals surface area contributed by atoms with Crippen molar-refractivity contribution >= 4 is 23.5 Å². The molecule has 45 heavy (non-hydrogen) atoms. The summed E-state index contributed by atoms with van der Waals surface area (Å²) in [7, 11) is 0. The Morgan fingerprint density at radius 3 is 2.53 bits per heavy atom. The molecule has 2 atom stereocenters. The number of piperidine rings is 1. The number of halogens is 3. The lowest BCUT2D eigenvalue weighted by molar-refractivity contribution is -0.260. The van der Waals surface area contributed by atoms with Gasteiger partial charge < -0.3 is 24.2 Å². The number of rotatable bonds is 4. The quantitative estimate of drug-likeness (QED) is 0.473. The number of piperazine rings is 1. The van der Waals surface area contributed by atoms with E-state index in [4.69, 9.17) is 14.5 Å². The van der Waals surface area contributed by atoms with Crippen LogP contribution in [-0.2, 0) is 25.5 Å². The van der Waals surface area contributed by atoms with Crippen LogP contribution in [0.5, 0.6) is 0 Å². The van der Waals surface area contributed by atoms with Crippen LogP contribution >= 0.6 is 0 Å². The van der Waals surface area contributed by atoms with E-state index in [1.54, 1.807) is 4.90 Å². The number of hydrogen-bond acceptors (Lipinski definition) is 8. The van der Waals surface area contributed by atoms with Crippen LogP contribution in [0.1, 0.15) is 53.8 Å². The molecular weight excluding hydrogens is 585 g/mol. The maximum atomic E-state index is 15.3. The summed E-state index contributed by atoms with van der Waals surface area (Å²) in [4.78, 5) is 29.4. The molecule has 1 amide bonds. The molecule has 0 bridgehead atoms. The van der Waals surface area contributed by atoms with Crippen LogP contribution in [-0.4, -0.2) is 96.8 Å². The zero-order chi connectivity index (χ0) is 31.1. The topological polar surface area (TPSA) is 74.3 Å².